The molecule has 8 heteroatoms. The minimum absolute atomic E-state index is 0.0656. The summed E-state index contributed by atoms with van der Waals surface area (Å²) in [6.45, 7) is 1.18. The zero-order valence-corrected chi connectivity index (χ0v) is 16.1. The van der Waals surface area contributed by atoms with Gasteiger partial charge in [-0.1, -0.05) is 30.3 Å². The molecule has 2 aliphatic heterocycles. The normalized spacial score (nSPS) is 18.0. The third-order valence-electron chi connectivity index (χ3n) is 4.73. The van der Waals surface area contributed by atoms with Gasteiger partial charge in [-0.25, -0.2) is 8.42 Å². The number of amides is 1. The molecule has 4 rings (SSSR count). The second-order valence-electron chi connectivity index (χ2n) is 6.40. The smallest absolute Gasteiger partial charge is 0.299 e. The predicted molar refractivity (Wildman–Crippen MR) is 104 cm³/mol. The molecule has 0 spiro atoms. The molecule has 0 saturated carbocycles. The van der Waals surface area contributed by atoms with Crippen molar-refractivity contribution >= 4 is 39.2 Å². The van der Waals surface area contributed by atoms with E-state index in [1.54, 1.807) is 17.8 Å². The van der Waals surface area contributed by atoms with Gasteiger partial charge in [-0.2, -0.15) is 16.1 Å². The van der Waals surface area contributed by atoms with Crippen molar-refractivity contribution in [3.8, 4) is 0 Å². The highest BCUT2D eigenvalue weighted by molar-refractivity contribution is 7.99. The summed E-state index contributed by atoms with van der Waals surface area (Å²) in [6, 6.07) is 13.8. The number of hydrogen-bond acceptors (Lipinski definition) is 5. The van der Waals surface area contributed by atoms with Crippen LogP contribution in [0.4, 0.5) is 5.69 Å². The van der Waals surface area contributed by atoms with E-state index in [9.17, 15) is 18.0 Å². The lowest BCUT2D eigenvalue weighted by atomic mass is 10.1. The first-order valence-corrected chi connectivity index (χ1v) is 11.2. The number of benzene rings is 2. The molecule has 0 bridgehead atoms. The van der Waals surface area contributed by atoms with Crippen LogP contribution in [0.25, 0.3) is 0 Å². The maximum atomic E-state index is 12.9. The Kier molecular flexibility index (Phi) is 4.79. The average Bonchev–Trinajstić information content (AvgIpc) is 2.94. The number of carbonyl (C=O) groups is 2. The maximum absolute atomic E-state index is 12.9. The van der Waals surface area contributed by atoms with Gasteiger partial charge in [0.15, 0.2) is 0 Å². The van der Waals surface area contributed by atoms with E-state index in [-0.39, 0.29) is 17.0 Å². The molecule has 2 aromatic rings. The van der Waals surface area contributed by atoms with Crippen LogP contribution < -0.4 is 4.90 Å². The van der Waals surface area contributed by atoms with E-state index < -0.39 is 21.7 Å². The van der Waals surface area contributed by atoms with Crippen LogP contribution in [0, 0.1) is 0 Å². The molecular formula is C19H18N2O4S2. The summed E-state index contributed by atoms with van der Waals surface area (Å²) < 4.78 is 27.1. The molecule has 0 unspecified atom stereocenters. The second-order valence-corrected chi connectivity index (χ2v) is 9.56. The number of anilines is 1. The zero-order valence-electron chi connectivity index (χ0n) is 14.5. The lowest BCUT2D eigenvalue weighted by Crippen LogP contribution is -2.37. The van der Waals surface area contributed by atoms with Crippen molar-refractivity contribution < 1.29 is 18.0 Å². The Morgan fingerprint density at radius 3 is 2.37 bits per heavy atom. The van der Waals surface area contributed by atoms with Crippen LogP contribution in [-0.4, -0.2) is 49.0 Å². The van der Waals surface area contributed by atoms with Gasteiger partial charge < -0.3 is 4.90 Å². The highest BCUT2D eigenvalue weighted by Gasteiger charge is 2.37. The fraction of sp³-hybridized carbons (Fsp3) is 0.263. The van der Waals surface area contributed by atoms with E-state index in [4.69, 9.17) is 0 Å². The summed E-state index contributed by atoms with van der Waals surface area (Å²) >= 11 is 1.72. The van der Waals surface area contributed by atoms with E-state index in [1.165, 1.54) is 21.3 Å². The van der Waals surface area contributed by atoms with Crippen molar-refractivity contribution in [2.24, 2.45) is 0 Å². The number of carbonyl (C=O) groups excluding carboxylic acids is 2. The Morgan fingerprint density at radius 1 is 0.963 bits per heavy atom. The molecule has 27 heavy (non-hydrogen) atoms. The Bertz CT molecular complexity index is 1000. The number of sulfonamides is 1. The number of rotatable bonds is 4. The standard InChI is InChI=1S/C19H18N2O4S2/c22-18-16-12-15(27(24,25)20-8-10-26-11-9-20)6-7-17(16)21(19(18)23)13-14-4-2-1-3-5-14/h1-7,12H,8-11,13H2. The summed E-state index contributed by atoms with van der Waals surface area (Å²) in [5, 5.41) is 0. The first-order chi connectivity index (χ1) is 13.0. The minimum atomic E-state index is -3.66. The Balaban J connectivity index is 1.68. The van der Waals surface area contributed by atoms with Gasteiger partial charge in [-0.3, -0.25) is 9.59 Å². The molecule has 0 N–H and O–H groups in total. The van der Waals surface area contributed by atoms with E-state index in [0.717, 1.165) is 17.1 Å². The van der Waals surface area contributed by atoms with E-state index in [2.05, 4.69) is 0 Å². The number of Topliss-reactive ketones (excluding diaryl/α,β-unsaturated/α-hetero) is 1. The van der Waals surface area contributed by atoms with Crippen LogP contribution in [0.2, 0.25) is 0 Å². The maximum Gasteiger partial charge on any atom is 0.299 e. The highest BCUT2D eigenvalue weighted by atomic mass is 32.2. The first kappa shape index (κ1) is 18.2. The van der Waals surface area contributed by atoms with Gasteiger partial charge in [0.1, 0.15) is 0 Å². The van der Waals surface area contributed by atoms with Gasteiger partial charge in [-0.05, 0) is 23.8 Å². The van der Waals surface area contributed by atoms with E-state index >= 15 is 0 Å². The van der Waals surface area contributed by atoms with Crippen LogP contribution in [0.5, 0.6) is 0 Å². The van der Waals surface area contributed by atoms with Crippen LogP contribution in [0.15, 0.2) is 53.4 Å². The van der Waals surface area contributed by atoms with Gasteiger partial charge in [-0.15, -0.1) is 0 Å². The molecule has 6 nitrogen and oxygen atoms in total. The monoisotopic (exact) mass is 402 g/mol. The molecule has 0 aromatic heterocycles. The van der Waals surface area contributed by atoms with Gasteiger partial charge in [0, 0.05) is 24.6 Å². The van der Waals surface area contributed by atoms with Gasteiger partial charge in [0.2, 0.25) is 10.0 Å². The topological polar surface area (TPSA) is 74.8 Å². The van der Waals surface area contributed by atoms with Crippen LogP contribution in [0.3, 0.4) is 0 Å². The number of ketones is 1. The molecule has 0 atom stereocenters. The highest BCUT2D eigenvalue weighted by Crippen LogP contribution is 2.33. The largest absolute Gasteiger partial charge is 0.300 e. The minimum Gasteiger partial charge on any atom is -0.300 e. The van der Waals surface area contributed by atoms with Crippen LogP contribution in [0.1, 0.15) is 15.9 Å². The Labute approximate surface area is 162 Å². The Hall–Kier alpha value is -2.16. The average molecular weight is 402 g/mol. The summed E-state index contributed by atoms with van der Waals surface area (Å²) in [4.78, 5) is 26.4. The SMILES string of the molecule is O=C1C(=O)N(Cc2ccccc2)c2ccc(S(=O)(=O)N3CCSCC3)cc21. The first-order valence-electron chi connectivity index (χ1n) is 8.60. The number of thioether (sulfide) groups is 1. The second kappa shape index (κ2) is 7.10. The summed E-state index contributed by atoms with van der Waals surface area (Å²) in [7, 11) is -3.66. The molecule has 1 saturated heterocycles. The van der Waals surface area contributed by atoms with Gasteiger partial charge >= 0.3 is 0 Å². The van der Waals surface area contributed by atoms with Crippen molar-refractivity contribution in [2.45, 2.75) is 11.4 Å². The third-order valence-corrected chi connectivity index (χ3v) is 7.57. The molecule has 0 radical (unpaired) electrons. The quantitative estimate of drug-likeness (QED) is 0.733. The molecule has 1 amide bonds. The van der Waals surface area contributed by atoms with Crippen molar-refractivity contribution in [1.82, 2.24) is 4.31 Å². The number of nitrogens with zero attached hydrogens (tertiary/aromatic N) is 2. The fourth-order valence-corrected chi connectivity index (χ4v) is 5.90. The van der Waals surface area contributed by atoms with Gasteiger partial charge in [0.25, 0.3) is 11.7 Å². The predicted octanol–water partition coefficient (Wildman–Crippen LogP) is 2.15. The van der Waals surface area contributed by atoms with Crippen molar-refractivity contribution in [2.75, 3.05) is 29.5 Å². The number of hydrogen-bond donors (Lipinski definition) is 0. The van der Waals surface area contributed by atoms with Crippen LogP contribution in [-0.2, 0) is 21.4 Å². The van der Waals surface area contributed by atoms with Crippen LogP contribution >= 0.6 is 11.8 Å². The fourth-order valence-electron chi connectivity index (χ4n) is 3.30. The lowest BCUT2D eigenvalue weighted by Gasteiger charge is -2.25. The molecule has 140 valence electrons. The molecular weight excluding hydrogens is 384 g/mol. The summed E-state index contributed by atoms with van der Waals surface area (Å²) in [5.41, 5.74) is 1.51. The van der Waals surface area contributed by atoms with E-state index in [0.29, 0.717) is 18.8 Å². The van der Waals surface area contributed by atoms with E-state index in [1.807, 2.05) is 30.3 Å². The lowest BCUT2D eigenvalue weighted by molar-refractivity contribution is -0.114. The third kappa shape index (κ3) is 3.28. The zero-order chi connectivity index (χ0) is 19.0. The molecule has 2 aliphatic rings. The summed E-state index contributed by atoms with van der Waals surface area (Å²) in [5.74, 6) is 0.226. The van der Waals surface area contributed by atoms with Crippen molar-refractivity contribution in [3.05, 3.63) is 59.7 Å². The molecule has 2 aromatic carbocycles. The Morgan fingerprint density at radius 2 is 1.67 bits per heavy atom. The molecule has 0 aliphatic carbocycles. The summed E-state index contributed by atoms with van der Waals surface area (Å²) in [6.07, 6.45) is 0. The van der Waals surface area contributed by atoms with Crippen molar-refractivity contribution in [1.29, 1.82) is 0 Å². The molecule has 2 heterocycles. The number of fused-ring (bicyclic) bond motifs is 1. The van der Waals surface area contributed by atoms with Gasteiger partial charge in [0.05, 0.1) is 22.7 Å². The van der Waals surface area contributed by atoms with Crippen molar-refractivity contribution in [3.63, 3.8) is 0 Å². The molecule has 1 fully saturated rings.